The third-order valence-corrected chi connectivity index (χ3v) is 4.97. The van der Waals surface area contributed by atoms with E-state index in [1.807, 2.05) is 6.07 Å². The van der Waals surface area contributed by atoms with Gasteiger partial charge in [0.25, 0.3) is 0 Å². The van der Waals surface area contributed by atoms with Gasteiger partial charge in [0.15, 0.2) is 17.5 Å². The summed E-state index contributed by atoms with van der Waals surface area (Å²) in [4.78, 5) is 13.4. The number of carbonyl (C=O) groups is 1. The molecule has 1 aliphatic heterocycles. The number of hydrogen-bond donors (Lipinski definition) is 1. The van der Waals surface area contributed by atoms with Crippen LogP contribution in [0.25, 0.3) is 0 Å². The lowest BCUT2D eigenvalue weighted by Crippen LogP contribution is -2.25. The number of carbonyl (C=O) groups excluding carboxylic acids is 1. The maximum atomic E-state index is 14.4. The van der Waals surface area contributed by atoms with E-state index in [0.717, 1.165) is 6.07 Å². The monoisotopic (exact) mass is 393 g/mol. The lowest BCUT2D eigenvalue weighted by atomic mass is 9.91. The Morgan fingerprint density at radius 1 is 1.26 bits per heavy atom. The van der Waals surface area contributed by atoms with Gasteiger partial charge in [-0.3, -0.25) is 4.79 Å². The summed E-state index contributed by atoms with van der Waals surface area (Å²) in [5.41, 5.74) is 0.658. The molecule has 0 bridgehead atoms. The minimum Gasteiger partial charge on any atom is -0.378 e. The van der Waals surface area contributed by atoms with Crippen molar-refractivity contribution in [2.75, 3.05) is 18.9 Å². The Hall–Kier alpha value is -2.72. The van der Waals surface area contributed by atoms with Gasteiger partial charge in [-0.2, -0.15) is 5.26 Å². The zero-order valence-electron chi connectivity index (χ0n) is 14.3. The van der Waals surface area contributed by atoms with Crippen molar-refractivity contribution in [2.45, 2.75) is 12.5 Å². The number of likely N-dealkylation sites (tertiary alicyclic amines) is 1. The number of halogens is 4. The topological polar surface area (TPSA) is 56.1 Å². The van der Waals surface area contributed by atoms with Gasteiger partial charge in [0.1, 0.15) is 6.07 Å². The second kappa shape index (κ2) is 7.49. The van der Waals surface area contributed by atoms with Crippen molar-refractivity contribution in [2.24, 2.45) is 5.92 Å². The van der Waals surface area contributed by atoms with E-state index in [9.17, 15) is 18.0 Å². The van der Waals surface area contributed by atoms with Crippen LogP contribution in [-0.4, -0.2) is 24.4 Å². The number of rotatable bonds is 4. The fourth-order valence-electron chi connectivity index (χ4n) is 3.23. The molecular weight excluding hydrogens is 379 g/mol. The van der Waals surface area contributed by atoms with E-state index >= 15 is 0 Å². The largest absolute Gasteiger partial charge is 0.378 e. The zero-order valence-corrected chi connectivity index (χ0v) is 15.0. The van der Waals surface area contributed by atoms with E-state index in [0.29, 0.717) is 12.2 Å². The molecule has 1 amide bonds. The summed E-state index contributed by atoms with van der Waals surface area (Å²) in [6.07, 6.45) is 0.136. The Morgan fingerprint density at radius 2 is 2.00 bits per heavy atom. The molecule has 8 heteroatoms. The first kappa shape index (κ1) is 19.1. The van der Waals surface area contributed by atoms with Crippen molar-refractivity contribution in [1.82, 2.24) is 4.90 Å². The first-order valence-electron chi connectivity index (χ1n) is 8.15. The Kier molecular flexibility index (Phi) is 5.29. The molecule has 0 aromatic heterocycles. The Bertz CT molecular complexity index is 945. The van der Waals surface area contributed by atoms with Crippen LogP contribution in [0.1, 0.15) is 23.6 Å². The Labute approximate surface area is 159 Å². The molecule has 1 unspecified atom stereocenters. The first-order valence-corrected chi connectivity index (χ1v) is 8.53. The molecule has 27 heavy (non-hydrogen) atoms. The molecule has 1 saturated heterocycles. The lowest BCUT2D eigenvalue weighted by Gasteiger charge is -2.26. The average Bonchev–Trinajstić information content (AvgIpc) is 2.97. The molecule has 0 saturated carbocycles. The van der Waals surface area contributed by atoms with Gasteiger partial charge in [-0.15, -0.1) is 0 Å². The molecule has 1 heterocycles. The number of benzene rings is 2. The molecule has 3 rings (SSSR count). The van der Waals surface area contributed by atoms with Crippen molar-refractivity contribution in [1.29, 1.82) is 5.26 Å². The van der Waals surface area contributed by atoms with Crippen LogP contribution in [0.4, 0.5) is 18.9 Å². The molecule has 140 valence electrons. The number of amides is 1. The summed E-state index contributed by atoms with van der Waals surface area (Å²) >= 11 is 6.03. The number of nitrogens with one attached hydrogen (secondary N) is 1. The normalized spacial score (nSPS) is 17.7. The van der Waals surface area contributed by atoms with Crippen LogP contribution in [0.3, 0.4) is 0 Å². The molecule has 2 aromatic carbocycles. The molecule has 0 radical (unpaired) electrons. The van der Waals surface area contributed by atoms with Crippen LogP contribution in [0.15, 0.2) is 30.3 Å². The highest BCUT2D eigenvalue weighted by molar-refractivity contribution is 6.32. The van der Waals surface area contributed by atoms with Gasteiger partial charge < -0.3 is 10.2 Å². The molecule has 1 N–H and O–H groups in total. The van der Waals surface area contributed by atoms with Crippen LogP contribution in [0.5, 0.6) is 0 Å². The van der Waals surface area contributed by atoms with Gasteiger partial charge in [0, 0.05) is 37.2 Å². The Balaban J connectivity index is 2.01. The van der Waals surface area contributed by atoms with Crippen LogP contribution in [0, 0.1) is 34.7 Å². The summed E-state index contributed by atoms with van der Waals surface area (Å²) in [7, 11) is 1.62. The molecule has 0 aliphatic carbocycles. The van der Waals surface area contributed by atoms with Crippen LogP contribution in [-0.2, 0) is 4.79 Å². The summed E-state index contributed by atoms with van der Waals surface area (Å²) in [5.74, 6) is -4.62. The van der Waals surface area contributed by atoms with E-state index < -0.39 is 23.5 Å². The second-order valence-corrected chi connectivity index (χ2v) is 6.84. The fourth-order valence-corrected chi connectivity index (χ4v) is 3.45. The van der Waals surface area contributed by atoms with Crippen LogP contribution >= 0.6 is 11.6 Å². The SMILES string of the molecule is CN1C[C@@H](C(Nc2ccc(C#N)c(Cl)c2)c2ccc(F)c(F)c2F)CC1=O. The minimum absolute atomic E-state index is 0.0810. The fraction of sp³-hybridized carbons (Fsp3) is 0.263. The van der Waals surface area contributed by atoms with E-state index in [2.05, 4.69) is 5.32 Å². The van der Waals surface area contributed by atoms with Crippen molar-refractivity contribution in [3.8, 4) is 6.07 Å². The van der Waals surface area contributed by atoms with Crippen molar-refractivity contribution >= 4 is 23.2 Å². The third kappa shape index (κ3) is 3.71. The summed E-state index contributed by atoms with van der Waals surface area (Å²) < 4.78 is 41.6. The van der Waals surface area contributed by atoms with Gasteiger partial charge in [0.2, 0.25) is 5.91 Å². The molecular formula is C19H15ClF3N3O. The van der Waals surface area contributed by atoms with E-state index in [-0.39, 0.29) is 34.4 Å². The highest BCUT2D eigenvalue weighted by atomic mass is 35.5. The van der Waals surface area contributed by atoms with Crippen LogP contribution in [0.2, 0.25) is 5.02 Å². The summed E-state index contributed by atoms with van der Waals surface area (Å²) in [6.45, 7) is 0.332. The molecule has 2 aromatic rings. The van der Waals surface area contributed by atoms with Gasteiger partial charge in [0.05, 0.1) is 16.6 Å². The number of anilines is 1. The second-order valence-electron chi connectivity index (χ2n) is 6.43. The predicted octanol–water partition coefficient (Wildman–Crippen LogP) is 4.26. The molecule has 2 atom stereocenters. The lowest BCUT2D eigenvalue weighted by molar-refractivity contribution is -0.126. The van der Waals surface area contributed by atoms with E-state index in [1.54, 1.807) is 13.1 Å². The number of hydrogen-bond acceptors (Lipinski definition) is 3. The Morgan fingerprint density at radius 3 is 2.59 bits per heavy atom. The quantitative estimate of drug-likeness (QED) is 0.790. The van der Waals surface area contributed by atoms with Crippen molar-refractivity contribution in [3.63, 3.8) is 0 Å². The average molecular weight is 394 g/mol. The van der Waals surface area contributed by atoms with Gasteiger partial charge >= 0.3 is 0 Å². The van der Waals surface area contributed by atoms with Crippen molar-refractivity contribution in [3.05, 3.63) is 63.9 Å². The molecule has 1 fully saturated rings. The number of nitrogens with zero attached hydrogens (tertiary/aromatic N) is 2. The molecule has 1 aliphatic rings. The molecule has 4 nitrogen and oxygen atoms in total. The maximum Gasteiger partial charge on any atom is 0.222 e. The number of nitriles is 1. The maximum absolute atomic E-state index is 14.4. The standard InChI is InChI=1S/C19H15ClF3N3O/c1-26-9-11(6-16(26)27)19(13-4-5-15(21)18(23)17(13)22)25-12-3-2-10(8-24)14(20)7-12/h2-5,7,11,19,25H,6,9H2,1H3/t11-,19?/m0/s1. The smallest absolute Gasteiger partial charge is 0.222 e. The molecule has 0 spiro atoms. The first-order chi connectivity index (χ1) is 12.8. The van der Waals surface area contributed by atoms with Gasteiger partial charge in [-0.25, -0.2) is 13.2 Å². The van der Waals surface area contributed by atoms with E-state index in [4.69, 9.17) is 16.9 Å². The third-order valence-electron chi connectivity index (χ3n) is 4.65. The van der Waals surface area contributed by atoms with Gasteiger partial charge in [-0.05, 0) is 24.3 Å². The predicted molar refractivity (Wildman–Crippen MR) is 94.6 cm³/mol. The van der Waals surface area contributed by atoms with Crippen LogP contribution < -0.4 is 5.32 Å². The summed E-state index contributed by atoms with van der Waals surface area (Å²) in [6, 6.07) is 7.73. The highest BCUT2D eigenvalue weighted by Gasteiger charge is 2.36. The highest BCUT2D eigenvalue weighted by Crippen LogP contribution is 2.36. The zero-order chi connectivity index (χ0) is 19.7. The summed E-state index contributed by atoms with van der Waals surface area (Å²) in [5, 5.41) is 12.2. The van der Waals surface area contributed by atoms with Crippen molar-refractivity contribution < 1.29 is 18.0 Å². The van der Waals surface area contributed by atoms with E-state index in [1.165, 1.54) is 23.1 Å². The minimum atomic E-state index is -1.56. The van der Waals surface area contributed by atoms with Gasteiger partial charge in [-0.1, -0.05) is 17.7 Å².